The number of hydrogen-bond donors (Lipinski definition) is 2. The number of piperidine rings is 1. The molecule has 2 aliphatic heterocycles. The van der Waals surface area contributed by atoms with E-state index in [1.807, 2.05) is 11.8 Å². The molecule has 0 aliphatic carbocycles. The monoisotopic (exact) mass is 481 g/mol. The number of carbonyl (C=O) groups excluding carboxylic acids is 2. The van der Waals surface area contributed by atoms with Gasteiger partial charge in [0.1, 0.15) is 19.1 Å². The van der Waals surface area contributed by atoms with Gasteiger partial charge >= 0.3 is 5.97 Å². The van der Waals surface area contributed by atoms with Gasteiger partial charge in [0.15, 0.2) is 5.82 Å². The number of carbonyl (C=O) groups is 2. The number of likely N-dealkylation sites (tertiary alicyclic amines) is 1. The van der Waals surface area contributed by atoms with Crippen molar-refractivity contribution in [2.75, 3.05) is 19.6 Å². The largest absolute Gasteiger partial charge is 0.457 e. The van der Waals surface area contributed by atoms with Gasteiger partial charge in [0.05, 0.1) is 23.3 Å². The minimum Gasteiger partial charge on any atom is -0.457 e. The van der Waals surface area contributed by atoms with Gasteiger partial charge in [-0.2, -0.15) is 4.68 Å². The Bertz CT molecular complexity index is 1240. The highest BCUT2D eigenvalue weighted by Crippen LogP contribution is 2.30. The molecule has 0 spiro atoms. The lowest BCUT2D eigenvalue weighted by molar-refractivity contribution is 0.0527. The molecule has 2 N–H and O–H groups in total. The Kier molecular flexibility index (Phi) is 6.22. The van der Waals surface area contributed by atoms with Crippen molar-refractivity contribution in [1.82, 2.24) is 35.4 Å². The third kappa shape index (κ3) is 4.62. The second-order valence-corrected chi connectivity index (χ2v) is 8.70. The van der Waals surface area contributed by atoms with Crippen LogP contribution in [0.1, 0.15) is 49.9 Å². The van der Waals surface area contributed by atoms with Gasteiger partial charge in [0.2, 0.25) is 0 Å². The molecule has 2 aliphatic rings. The van der Waals surface area contributed by atoms with Gasteiger partial charge in [-0.3, -0.25) is 9.69 Å². The Morgan fingerprint density at radius 1 is 1.34 bits per heavy atom. The number of alkyl halides is 1. The Morgan fingerprint density at radius 2 is 2.20 bits per heavy atom. The summed E-state index contributed by atoms with van der Waals surface area (Å²) < 4.78 is 21.4. The summed E-state index contributed by atoms with van der Waals surface area (Å²) in [5, 5.41) is 24.4. The fourth-order valence-electron chi connectivity index (χ4n) is 4.54. The summed E-state index contributed by atoms with van der Waals surface area (Å²) in [5.41, 5.74) is 3.14. The fourth-order valence-corrected chi connectivity index (χ4v) is 4.54. The van der Waals surface area contributed by atoms with E-state index in [1.54, 1.807) is 24.3 Å². The average Bonchev–Trinajstić information content (AvgIpc) is 3.52. The van der Waals surface area contributed by atoms with Crippen LogP contribution in [0.15, 0.2) is 36.8 Å². The van der Waals surface area contributed by atoms with Crippen LogP contribution in [0.3, 0.4) is 0 Å². The number of β-amino-alcohol motifs (C(OH)–C–C–N with tert-alkyl or cyclic N) is 1. The number of ether oxygens (including phenoxy) is 1. The van der Waals surface area contributed by atoms with Crippen molar-refractivity contribution >= 4 is 11.9 Å². The highest BCUT2D eigenvalue weighted by Gasteiger charge is 2.32. The van der Waals surface area contributed by atoms with E-state index in [9.17, 15) is 19.1 Å². The number of rotatable bonds is 6. The van der Waals surface area contributed by atoms with E-state index < -0.39 is 24.2 Å². The number of fused-ring (bicyclic) bond motifs is 1. The standard InChI is InChI=1S/C23H24FN7O4/c1-13-15(3-4-16-17(13)11-35-23(16)34)20(32)10-30-7-6-19(18(24)9-30)27-22(33)14-2-5-21(25-8-14)31-12-26-28-29-31/h2-5,8,12,18-20,32H,6-7,9-11H2,1H3,(H,27,33). The first-order valence-corrected chi connectivity index (χ1v) is 11.2. The van der Waals surface area contributed by atoms with Crippen LogP contribution in [-0.2, 0) is 11.3 Å². The number of benzene rings is 1. The van der Waals surface area contributed by atoms with Crippen molar-refractivity contribution in [1.29, 1.82) is 0 Å². The molecular weight excluding hydrogens is 457 g/mol. The third-order valence-corrected chi connectivity index (χ3v) is 6.53. The van der Waals surface area contributed by atoms with Crippen LogP contribution in [0.5, 0.6) is 0 Å². The molecule has 35 heavy (non-hydrogen) atoms. The van der Waals surface area contributed by atoms with Crippen LogP contribution < -0.4 is 5.32 Å². The van der Waals surface area contributed by atoms with Crippen molar-refractivity contribution in [2.24, 2.45) is 0 Å². The number of amides is 1. The van der Waals surface area contributed by atoms with Gasteiger partial charge in [-0.05, 0) is 53.1 Å². The second-order valence-electron chi connectivity index (χ2n) is 8.70. The zero-order valence-electron chi connectivity index (χ0n) is 19.0. The number of esters is 1. The number of halogens is 1. The van der Waals surface area contributed by atoms with Gasteiger partial charge in [-0.25, -0.2) is 14.2 Å². The molecule has 1 amide bonds. The molecule has 0 radical (unpaired) electrons. The van der Waals surface area contributed by atoms with E-state index in [0.717, 1.165) is 11.1 Å². The third-order valence-electron chi connectivity index (χ3n) is 6.53. The first-order chi connectivity index (χ1) is 16.9. The van der Waals surface area contributed by atoms with Gasteiger partial charge < -0.3 is 15.2 Å². The van der Waals surface area contributed by atoms with Crippen LogP contribution >= 0.6 is 0 Å². The topological polar surface area (TPSA) is 135 Å². The van der Waals surface area contributed by atoms with Crippen LogP contribution in [0.4, 0.5) is 4.39 Å². The number of nitrogens with one attached hydrogen (secondary N) is 1. The maximum Gasteiger partial charge on any atom is 0.338 e. The predicted octanol–water partition coefficient (Wildman–Crippen LogP) is 0.912. The molecule has 182 valence electrons. The zero-order valence-corrected chi connectivity index (χ0v) is 19.0. The Hall–Kier alpha value is -3.77. The van der Waals surface area contributed by atoms with Crippen LogP contribution in [0.25, 0.3) is 5.82 Å². The predicted molar refractivity (Wildman–Crippen MR) is 119 cm³/mol. The Labute approximate surface area is 199 Å². The van der Waals surface area contributed by atoms with E-state index >= 15 is 0 Å². The number of pyridine rings is 1. The number of hydrogen-bond acceptors (Lipinski definition) is 9. The highest BCUT2D eigenvalue weighted by atomic mass is 19.1. The van der Waals surface area contributed by atoms with Crippen LogP contribution in [0.2, 0.25) is 0 Å². The molecule has 0 bridgehead atoms. The summed E-state index contributed by atoms with van der Waals surface area (Å²) in [6.07, 6.45) is 1.06. The molecule has 2 aromatic heterocycles. The number of aliphatic hydroxyl groups excluding tert-OH is 1. The number of aromatic nitrogens is 5. The summed E-state index contributed by atoms with van der Waals surface area (Å²) in [5.74, 6) is -0.306. The van der Waals surface area contributed by atoms with E-state index in [-0.39, 0.29) is 25.7 Å². The van der Waals surface area contributed by atoms with Crippen molar-refractivity contribution in [3.8, 4) is 5.82 Å². The number of tetrazole rings is 1. The quantitative estimate of drug-likeness (QED) is 0.493. The van der Waals surface area contributed by atoms with Crippen molar-refractivity contribution < 1.29 is 23.8 Å². The fraction of sp³-hybridized carbons (Fsp3) is 0.391. The molecule has 1 fully saturated rings. The smallest absolute Gasteiger partial charge is 0.338 e. The summed E-state index contributed by atoms with van der Waals surface area (Å²) >= 11 is 0. The zero-order chi connectivity index (χ0) is 24.5. The van der Waals surface area contributed by atoms with Crippen LogP contribution in [-0.4, -0.2) is 78.9 Å². The SMILES string of the molecule is Cc1c(C(O)CN2CCC(NC(=O)c3ccc(-n4cnnn4)nc3)C(F)C2)ccc2c1COC2=O. The summed E-state index contributed by atoms with van der Waals surface area (Å²) in [6.45, 7) is 2.91. The summed E-state index contributed by atoms with van der Waals surface area (Å²) in [7, 11) is 0. The van der Waals surface area contributed by atoms with Gasteiger partial charge in [0.25, 0.3) is 5.91 Å². The molecule has 0 saturated carbocycles. The Morgan fingerprint density at radius 3 is 2.91 bits per heavy atom. The first kappa shape index (κ1) is 23.0. The molecule has 3 atom stereocenters. The lowest BCUT2D eigenvalue weighted by atomic mass is 9.94. The minimum atomic E-state index is -1.29. The maximum absolute atomic E-state index is 14.9. The number of nitrogens with zero attached hydrogens (tertiary/aromatic N) is 6. The molecule has 3 unspecified atom stereocenters. The lowest BCUT2D eigenvalue weighted by Crippen LogP contribution is -2.53. The summed E-state index contributed by atoms with van der Waals surface area (Å²) in [4.78, 5) is 30.3. The lowest BCUT2D eigenvalue weighted by Gasteiger charge is -2.36. The van der Waals surface area contributed by atoms with Gasteiger partial charge in [-0.1, -0.05) is 6.07 Å². The molecule has 5 rings (SSSR count). The van der Waals surface area contributed by atoms with Crippen molar-refractivity contribution in [2.45, 2.75) is 38.3 Å². The molecule has 4 heterocycles. The molecule has 12 heteroatoms. The van der Waals surface area contributed by atoms with Crippen molar-refractivity contribution in [3.05, 3.63) is 64.6 Å². The van der Waals surface area contributed by atoms with E-state index in [4.69, 9.17) is 4.74 Å². The normalized spacial score (nSPS) is 20.8. The van der Waals surface area contributed by atoms with Crippen LogP contribution in [0, 0.1) is 6.92 Å². The van der Waals surface area contributed by atoms with Gasteiger partial charge in [-0.15, -0.1) is 5.10 Å². The summed E-state index contributed by atoms with van der Waals surface area (Å²) in [6, 6.07) is 5.94. The molecule has 3 aromatic rings. The van der Waals surface area contributed by atoms with E-state index in [1.165, 1.54) is 17.2 Å². The van der Waals surface area contributed by atoms with E-state index in [2.05, 4.69) is 25.8 Å². The molecule has 1 aromatic carbocycles. The molecular formula is C23H24FN7O4. The van der Waals surface area contributed by atoms with Gasteiger partial charge in [0, 0.05) is 31.4 Å². The Balaban J connectivity index is 1.16. The average molecular weight is 481 g/mol. The second kappa shape index (κ2) is 9.47. The first-order valence-electron chi connectivity index (χ1n) is 11.2. The maximum atomic E-state index is 14.9. The highest BCUT2D eigenvalue weighted by molar-refractivity contribution is 5.94. The molecule has 11 nitrogen and oxygen atoms in total. The minimum absolute atomic E-state index is 0.0874. The molecule has 1 saturated heterocycles. The van der Waals surface area contributed by atoms with Crippen molar-refractivity contribution in [3.63, 3.8) is 0 Å². The van der Waals surface area contributed by atoms with E-state index in [0.29, 0.717) is 35.5 Å². The number of aliphatic hydroxyl groups is 1. The number of cyclic esters (lactones) is 1.